The Bertz CT molecular complexity index is 748. The Morgan fingerprint density at radius 2 is 2.05 bits per heavy atom. The molecule has 0 fully saturated rings. The molecule has 8 heteroatoms. The van der Waals surface area contributed by atoms with Crippen molar-refractivity contribution in [1.82, 2.24) is 4.98 Å². The van der Waals surface area contributed by atoms with Crippen LogP contribution in [0.15, 0.2) is 52.1 Å². The first-order valence-electron chi connectivity index (χ1n) is 5.41. The van der Waals surface area contributed by atoms with Gasteiger partial charge in [-0.15, -0.1) is 0 Å². The molecule has 0 aliphatic rings. The minimum absolute atomic E-state index is 0.0382. The molecule has 1 aromatic carbocycles. The zero-order valence-electron chi connectivity index (χ0n) is 10.1. The number of carbonyl (C=O) groups excluding carboxylic acids is 1. The SMILES string of the molecule is NS(=O)(=O)c1ccc(NC(=O)c2cccnc2)c(Br)c1. The van der Waals surface area contributed by atoms with Crippen LogP contribution in [0.4, 0.5) is 5.69 Å². The summed E-state index contributed by atoms with van der Waals surface area (Å²) in [5, 5.41) is 7.67. The maximum atomic E-state index is 11.9. The quantitative estimate of drug-likeness (QED) is 0.875. The van der Waals surface area contributed by atoms with E-state index in [1.807, 2.05) is 0 Å². The highest BCUT2D eigenvalue weighted by Crippen LogP contribution is 2.25. The number of hydrogen-bond acceptors (Lipinski definition) is 4. The third kappa shape index (κ3) is 3.41. The van der Waals surface area contributed by atoms with Crippen molar-refractivity contribution in [2.45, 2.75) is 4.90 Å². The predicted molar refractivity (Wildman–Crippen MR) is 77.7 cm³/mol. The Morgan fingerprint density at radius 3 is 2.60 bits per heavy atom. The van der Waals surface area contributed by atoms with Crippen LogP contribution in [0.25, 0.3) is 0 Å². The summed E-state index contributed by atoms with van der Waals surface area (Å²) < 4.78 is 22.8. The largest absolute Gasteiger partial charge is 0.321 e. The van der Waals surface area contributed by atoms with Gasteiger partial charge >= 0.3 is 0 Å². The standard InChI is InChI=1S/C12H10BrN3O3S/c13-10-6-9(20(14,18)19)3-4-11(10)16-12(17)8-2-1-5-15-7-8/h1-7H,(H,16,17)(H2,14,18,19). The van der Waals surface area contributed by atoms with Crippen LogP contribution in [-0.2, 0) is 10.0 Å². The Labute approximate surface area is 124 Å². The van der Waals surface area contributed by atoms with E-state index in [2.05, 4.69) is 26.2 Å². The fraction of sp³-hybridized carbons (Fsp3) is 0. The third-order valence-electron chi connectivity index (χ3n) is 2.44. The number of halogens is 1. The van der Waals surface area contributed by atoms with Crippen molar-refractivity contribution in [2.75, 3.05) is 5.32 Å². The van der Waals surface area contributed by atoms with Crippen LogP contribution in [0.2, 0.25) is 0 Å². The van der Waals surface area contributed by atoms with Gasteiger partial charge in [-0.1, -0.05) is 0 Å². The number of rotatable bonds is 3. The summed E-state index contributed by atoms with van der Waals surface area (Å²) in [7, 11) is -3.78. The number of carbonyl (C=O) groups is 1. The first-order valence-corrected chi connectivity index (χ1v) is 7.75. The van der Waals surface area contributed by atoms with E-state index in [0.29, 0.717) is 15.7 Å². The molecule has 2 rings (SSSR count). The highest BCUT2D eigenvalue weighted by molar-refractivity contribution is 9.10. The highest BCUT2D eigenvalue weighted by Gasteiger charge is 2.12. The average molecular weight is 356 g/mol. The van der Waals surface area contributed by atoms with Crippen molar-refractivity contribution >= 4 is 37.5 Å². The van der Waals surface area contributed by atoms with Crippen molar-refractivity contribution in [3.63, 3.8) is 0 Å². The molecule has 0 bridgehead atoms. The monoisotopic (exact) mass is 355 g/mol. The summed E-state index contributed by atoms with van der Waals surface area (Å²) in [5.74, 6) is -0.345. The van der Waals surface area contributed by atoms with Gasteiger partial charge < -0.3 is 5.32 Å². The summed E-state index contributed by atoms with van der Waals surface area (Å²) in [6.07, 6.45) is 3.00. The average Bonchev–Trinajstić information content (AvgIpc) is 2.41. The number of pyridine rings is 1. The van der Waals surface area contributed by atoms with E-state index >= 15 is 0 Å². The topological polar surface area (TPSA) is 102 Å². The molecule has 1 aromatic heterocycles. The van der Waals surface area contributed by atoms with Crippen LogP contribution in [0.5, 0.6) is 0 Å². The van der Waals surface area contributed by atoms with Crippen LogP contribution in [0.3, 0.4) is 0 Å². The third-order valence-corrected chi connectivity index (χ3v) is 4.01. The lowest BCUT2D eigenvalue weighted by molar-refractivity contribution is 0.102. The van der Waals surface area contributed by atoms with Crippen molar-refractivity contribution < 1.29 is 13.2 Å². The van der Waals surface area contributed by atoms with Gasteiger partial charge in [0.2, 0.25) is 10.0 Å². The van der Waals surface area contributed by atoms with Crippen LogP contribution in [0.1, 0.15) is 10.4 Å². The Kier molecular flexibility index (Phi) is 4.17. The van der Waals surface area contributed by atoms with E-state index < -0.39 is 10.0 Å². The molecule has 1 heterocycles. The van der Waals surface area contributed by atoms with Crippen molar-refractivity contribution in [3.8, 4) is 0 Å². The number of sulfonamides is 1. The van der Waals surface area contributed by atoms with Gasteiger partial charge in [0.15, 0.2) is 0 Å². The summed E-state index contributed by atoms with van der Waals surface area (Å²) in [6, 6.07) is 7.37. The lowest BCUT2D eigenvalue weighted by Gasteiger charge is -2.08. The number of nitrogens with two attached hydrogens (primary N) is 1. The molecular weight excluding hydrogens is 346 g/mol. The molecule has 0 atom stereocenters. The predicted octanol–water partition coefficient (Wildman–Crippen LogP) is 1.74. The summed E-state index contributed by atoms with van der Waals surface area (Å²) in [6.45, 7) is 0. The molecule has 0 aliphatic carbocycles. The van der Waals surface area contributed by atoms with Gasteiger partial charge in [0.05, 0.1) is 16.1 Å². The van der Waals surface area contributed by atoms with Crippen LogP contribution in [-0.4, -0.2) is 19.3 Å². The first-order chi connectivity index (χ1) is 9.38. The molecule has 0 radical (unpaired) electrons. The second kappa shape index (κ2) is 5.70. The molecule has 0 saturated carbocycles. The van der Waals surface area contributed by atoms with E-state index in [0.717, 1.165) is 0 Å². The van der Waals surface area contributed by atoms with Crippen LogP contribution in [0, 0.1) is 0 Å². The van der Waals surface area contributed by atoms with E-state index in [1.165, 1.54) is 24.4 Å². The number of nitrogens with zero attached hydrogens (tertiary/aromatic N) is 1. The Morgan fingerprint density at radius 1 is 1.30 bits per heavy atom. The molecule has 20 heavy (non-hydrogen) atoms. The Balaban J connectivity index is 2.25. The lowest BCUT2D eigenvalue weighted by Crippen LogP contribution is -2.14. The van der Waals surface area contributed by atoms with Crippen molar-refractivity contribution in [2.24, 2.45) is 5.14 Å². The van der Waals surface area contributed by atoms with Crippen molar-refractivity contribution in [3.05, 3.63) is 52.8 Å². The van der Waals surface area contributed by atoms with E-state index in [-0.39, 0.29) is 10.8 Å². The smallest absolute Gasteiger partial charge is 0.257 e. The fourth-order valence-electron chi connectivity index (χ4n) is 1.47. The van der Waals surface area contributed by atoms with Gasteiger partial charge in [-0.05, 0) is 46.3 Å². The van der Waals surface area contributed by atoms with Gasteiger partial charge in [0.25, 0.3) is 5.91 Å². The van der Waals surface area contributed by atoms with Crippen molar-refractivity contribution in [1.29, 1.82) is 0 Å². The molecule has 6 nitrogen and oxygen atoms in total. The maximum Gasteiger partial charge on any atom is 0.257 e. The fourth-order valence-corrected chi connectivity index (χ4v) is 2.64. The highest BCUT2D eigenvalue weighted by atomic mass is 79.9. The maximum absolute atomic E-state index is 11.9. The number of benzene rings is 1. The molecule has 0 aliphatic heterocycles. The normalized spacial score (nSPS) is 11.1. The zero-order chi connectivity index (χ0) is 14.8. The Hall–Kier alpha value is -1.77. The number of aromatic nitrogens is 1. The second-order valence-corrected chi connectivity index (χ2v) is 6.30. The van der Waals surface area contributed by atoms with Gasteiger partial charge in [0.1, 0.15) is 0 Å². The number of hydrogen-bond donors (Lipinski definition) is 2. The van der Waals surface area contributed by atoms with Gasteiger partial charge in [-0.2, -0.15) is 0 Å². The number of anilines is 1. The van der Waals surface area contributed by atoms with E-state index in [9.17, 15) is 13.2 Å². The lowest BCUT2D eigenvalue weighted by atomic mass is 10.2. The molecule has 1 amide bonds. The molecule has 2 aromatic rings. The number of primary sulfonamides is 1. The van der Waals surface area contributed by atoms with Gasteiger partial charge in [-0.3, -0.25) is 9.78 Å². The first kappa shape index (κ1) is 14.6. The van der Waals surface area contributed by atoms with Crippen LogP contribution < -0.4 is 10.5 Å². The van der Waals surface area contributed by atoms with Gasteiger partial charge in [0, 0.05) is 16.9 Å². The molecule has 0 saturated heterocycles. The second-order valence-electron chi connectivity index (χ2n) is 3.88. The summed E-state index contributed by atoms with van der Waals surface area (Å²) in [5.41, 5.74) is 0.834. The molecule has 104 valence electrons. The molecule has 0 spiro atoms. The summed E-state index contributed by atoms with van der Waals surface area (Å²) >= 11 is 3.19. The van der Waals surface area contributed by atoms with Crippen LogP contribution >= 0.6 is 15.9 Å². The van der Waals surface area contributed by atoms with E-state index in [4.69, 9.17) is 5.14 Å². The summed E-state index contributed by atoms with van der Waals surface area (Å²) in [4.78, 5) is 15.7. The van der Waals surface area contributed by atoms with Gasteiger partial charge in [-0.25, -0.2) is 13.6 Å². The van der Waals surface area contributed by atoms with E-state index in [1.54, 1.807) is 18.3 Å². The molecular formula is C12H10BrN3O3S. The minimum Gasteiger partial charge on any atom is -0.321 e. The minimum atomic E-state index is -3.78. The number of nitrogens with one attached hydrogen (secondary N) is 1. The molecule has 0 unspecified atom stereocenters. The number of amides is 1. The molecule has 3 N–H and O–H groups in total. The zero-order valence-corrected chi connectivity index (χ0v) is 12.5.